The van der Waals surface area contributed by atoms with Crippen LogP contribution in [0.4, 0.5) is 5.69 Å². The molecule has 9 heteroatoms. The third-order valence-electron chi connectivity index (χ3n) is 4.38. The third kappa shape index (κ3) is 3.85. The molecule has 0 aliphatic carbocycles. The highest BCUT2D eigenvalue weighted by Gasteiger charge is 2.12. The molecule has 0 radical (unpaired) electrons. The molecule has 0 unspecified atom stereocenters. The Bertz CT molecular complexity index is 1180. The number of rotatable bonds is 4. The van der Waals surface area contributed by atoms with Gasteiger partial charge in [-0.15, -0.1) is 0 Å². The van der Waals surface area contributed by atoms with Gasteiger partial charge in [-0.05, 0) is 67.6 Å². The Balaban J connectivity index is 1.96. The molecule has 1 heterocycles. The highest BCUT2D eigenvalue weighted by molar-refractivity contribution is 7.80. The zero-order valence-corrected chi connectivity index (χ0v) is 17.5. The summed E-state index contributed by atoms with van der Waals surface area (Å²) in [5, 5.41) is 3.68. The predicted octanol–water partition coefficient (Wildman–Crippen LogP) is 3.63. The highest BCUT2D eigenvalue weighted by Crippen LogP contribution is 2.29. The van der Waals surface area contributed by atoms with Crippen LogP contribution in [0.15, 0.2) is 35.1 Å². The van der Waals surface area contributed by atoms with Crippen LogP contribution < -0.4 is 25.8 Å². The number of nitrogens with one attached hydrogen (secondary N) is 3. The lowest BCUT2D eigenvalue weighted by Crippen LogP contribution is -2.36. The van der Waals surface area contributed by atoms with E-state index in [1.165, 1.54) is 24.5 Å². The molecular weight excluding hydrogens is 396 g/mol. The summed E-state index contributed by atoms with van der Waals surface area (Å²) >= 11 is 10.7. The van der Waals surface area contributed by atoms with Crippen molar-refractivity contribution in [3.8, 4) is 11.5 Å². The Morgan fingerprint density at radius 3 is 2.39 bits per heavy atom. The van der Waals surface area contributed by atoms with Crippen molar-refractivity contribution >= 4 is 46.1 Å². The molecule has 7 nitrogen and oxygen atoms in total. The summed E-state index contributed by atoms with van der Waals surface area (Å²) in [6.45, 7) is 4.05. The van der Waals surface area contributed by atoms with Gasteiger partial charge in [0.2, 0.25) is 0 Å². The molecule has 0 saturated heterocycles. The van der Waals surface area contributed by atoms with Gasteiger partial charge in [0, 0.05) is 11.8 Å². The van der Waals surface area contributed by atoms with Gasteiger partial charge in [-0.25, -0.2) is 0 Å². The van der Waals surface area contributed by atoms with Gasteiger partial charge in [0.05, 0.1) is 25.1 Å². The fraction of sp³-hybridized carbons (Fsp3) is 0.211. The Kier molecular flexibility index (Phi) is 5.66. The van der Waals surface area contributed by atoms with Crippen molar-refractivity contribution in [2.45, 2.75) is 13.8 Å². The highest BCUT2D eigenvalue weighted by atomic mass is 32.1. The van der Waals surface area contributed by atoms with Crippen LogP contribution in [0.5, 0.6) is 11.5 Å². The average molecular weight is 417 g/mol. The molecule has 2 aromatic carbocycles. The van der Waals surface area contributed by atoms with Crippen molar-refractivity contribution in [3.63, 3.8) is 0 Å². The van der Waals surface area contributed by atoms with E-state index in [2.05, 4.69) is 15.7 Å². The van der Waals surface area contributed by atoms with Gasteiger partial charge in [-0.3, -0.25) is 10.2 Å². The van der Waals surface area contributed by atoms with Gasteiger partial charge >= 0.3 is 0 Å². The zero-order chi connectivity index (χ0) is 20.4. The zero-order valence-electron chi connectivity index (χ0n) is 15.9. The third-order valence-corrected chi connectivity index (χ3v) is 4.86. The van der Waals surface area contributed by atoms with Crippen molar-refractivity contribution in [1.29, 1.82) is 0 Å². The average Bonchev–Trinajstić information content (AvgIpc) is 2.67. The molecule has 0 amide bonds. The first-order chi connectivity index (χ1) is 13.3. The maximum atomic E-state index is 12.9. The van der Waals surface area contributed by atoms with Gasteiger partial charge in [-0.1, -0.05) is 6.07 Å². The minimum Gasteiger partial charge on any atom is -0.493 e. The van der Waals surface area contributed by atoms with Crippen LogP contribution in [0.25, 0.3) is 10.9 Å². The molecular formula is C19H20N4O3S2. The van der Waals surface area contributed by atoms with Gasteiger partial charge in [0.15, 0.2) is 21.4 Å². The number of nitrogens with zero attached hydrogens (tertiary/aromatic N) is 1. The van der Waals surface area contributed by atoms with Crippen molar-refractivity contribution in [1.82, 2.24) is 9.66 Å². The number of anilines is 1. The van der Waals surface area contributed by atoms with Crippen molar-refractivity contribution in [3.05, 3.63) is 56.6 Å². The van der Waals surface area contributed by atoms with Gasteiger partial charge in [0.25, 0.3) is 5.56 Å². The molecule has 0 atom stereocenters. The first-order valence-electron chi connectivity index (χ1n) is 8.40. The SMILES string of the molecule is COc1cc2[nH]c(=S)n(NC(=S)Nc3ccc(C)c(C)c3)c(=O)c2cc1OC. The maximum Gasteiger partial charge on any atom is 0.281 e. The van der Waals surface area contributed by atoms with Gasteiger partial charge < -0.3 is 19.8 Å². The van der Waals surface area contributed by atoms with Crippen LogP contribution in [0.1, 0.15) is 11.1 Å². The van der Waals surface area contributed by atoms with Crippen LogP contribution in [-0.4, -0.2) is 29.0 Å². The smallest absolute Gasteiger partial charge is 0.281 e. The fourth-order valence-corrected chi connectivity index (χ4v) is 3.17. The summed E-state index contributed by atoms with van der Waals surface area (Å²) in [6.07, 6.45) is 0. The fourth-order valence-electron chi connectivity index (χ4n) is 2.72. The molecule has 1 aromatic heterocycles. The number of hydrogen-bond donors (Lipinski definition) is 3. The van der Waals surface area contributed by atoms with Crippen LogP contribution in [0.2, 0.25) is 0 Å². The monoisotopic (exact) mass is 416 g/mol. The number of benzene rings is 2. The first kappa shape index (κ1) is 19.8. The Morgan fingerprint density at radius 1 is 1.07 bits per heavy atom. The lowest BCUT2D eigenvalue weighted by Gasteiger charge is -2.15. The molecule has 0 aliphatic heterocycles. The summed E-state index contributed by atoms with van der Waals surface area (Å²) in [5.74, 6) is 0.942. The second-order valence-electron chi connectivity index (χ2n) is 6.19. The van der Waals surface area contributed by atoms with Gasteiger partial charge in [0.1, 0.15) is 0 Å². The molecule has 0 bridgehead atoms. The normalized spacial score (nSPS) is 10.6. The van der Waals surface area contributed by atoms with Crippen molar-refractivity contribution in [2.24, 2.45) is 0 Å². The number of aromatic nitrogens is 2. The summed E-state index contributed by atoms with van der Waals surface area (Å²) < 4.78 is 11.9. The molecule has 0 fully saturated rings. The lowest BCUT2D eigenvalue weighted by atomic mass is 10.1. The number of aryl methyl sites for hydroxylation is 2. The van der Waals surface area contributed by atoms with Crippen molar-refractivity contribution in [2.75, 3.05) is 25.0 Å². The number of H-pyrrole nitrogens is 1. The van der Waals surface area contributed by atoms with Crippen LogP contribution in [-0.2, 0) is 0 Å². The topological polar surface area (TPSA) is 80.3 Å². The van der Waals surface area contributed by atoms with E-state index in [1.807, 2.05) is 32.0 Å². The Morgan fingerprint density at radius 2 is 1.75 bits per heavy atom. The lowest BCUT2D eigenvalue weighted by molar-refractivity contribution is 0.355. The van der Waals surface area contributed by atoms with E-state index in [9.17, 15) is 4.79 Å². The maximum absolute atomic E-state index is 12.9. The van der Waals surface area contributed by atoms with E-state index < -0.39 is 0 Å². The summed E-state index contributed by atoms with van der Waals surface area (Å²) in [7, 11) is 3.03. The van der Waals surface area contributed by atoms with E-state index in [4.69, 9.17) is 33.9 Å². The largest absolute Gasteiger partial charge is 0.493 e. The number of thiocarbonyl (C=S) groups is 1. The summed E-state index contributed by atoms with van der Waals surface area (Å²) in [6, 6.07) is 9.15. The van der Waals surface area contributed by atoms with E-state index in [1.54, 1.807) is 12.1 Å². The number of methoxy groups -OCH3 is 2. The molecule has 146 valence electrons. The molecule has 3 rings (SSSR count). The Hall–Kier alpha value is -2.91. The Labute approximate surface area is 172 Å². The van der Waals surface area contributed by atoms with Crippen molar-refractivity contribution < 1.29 is 9.47 Å². The van der Waals surface area contributed by atoms with E-state index in [-0.39, 0.29) is 15.4 Å². The standard InChI is InChI=1S/C19H20N4O3S2/c1-10-5-6-12(7-11(10)2)20-18(27)22-23-17(24)13-8-15(25-3)16(26-4)9-14(13)21-19(23)28/h5-9H,1-4H3,(H,21,28)(H2,20,22,27). The molecule has 3 N–H and O–H groups in total. The number of ether oxygens (including phenoxy) is 2. The van der Waals surface area contributed by atoms with E-state index in [0.717, 1.165) is 11.3 Å². The number of fused-ring (bicyclic) bond motifs is 1. The first-order valence-corrected chi connectivity index (χ1v) is 9.22. The van der Waals surface area contributed by atoms with Crippen LogP contribution in [0, 0.1) is 18.6 Å². The van der Waals surface area contributed by atoms with Gasteiger partial charge in [-0.2, -0.15) is 4.68 Å². The molecule has 0 saturated carbocycles. The molecule has 0 aliphatic rings. The summed E-state index contributed by atoms with van der Waals surface area (Å²) in [4.78, 5) is 15.9. The quantitative estimate of drug-likeness (QED) is 0.561. The van der Waals surface area contributed by atoms with E-state index in [0.29, 0.717) is 22.4 Å². The minimum atomic E-state index is -0.357. The number of aromatic amines is 1. The molecule has 0 spiro atoms. The molecule has 28 heavy (non-hydrogen) atoms. The van der Waals surface area contributed by atoms with Crippen LogP contribution >= 0.6 is 24.4 Å². The molecule has 3 aromatic rings. The van der Waals surface area contributed by atoms with Crippen LogP contribution in [0.3, 0.4) is 0 Å². The summed E-state index contributed by atoms with van der Waals surface area (Å²) in [5.41, 5.74) is 6.15. The second kappa shape index (κ2) is 7.99. The van der Waals surface area contributed by atoms with E-state index >= 15 is 0 Å². The number of hydrogen-bond acceptors (Lipinski definition) is 5. The predicted molar refractivity (Wildman–Crippen MR) is 118 cm³/mol. The minimum absolute atomic E-state index is 0.175. The second-order valence-corrected chi connectivity index (χ2v) is 6.98.